The minimum atomic E-state index is -1.17. The van der Waals surface area contributed by atoms with Crippen molar-refractivity contribution in [2.75, 3.05) is 54.1 Å². The smallest absolute Gasteiger partial charge is 1.00 e. The molecule has 0 spiro atoms. The second-order valence-electron chi connectivity index (χ2n) is 16.4. The third-order valence-electron chi connectivity index (χ3n) is 10.3. The molecule has 6 atom stereocenters. The number of quaternary nitrogens is 1. The fourth-order valence-electron chi connectivity index (χ4n) is 7.02. The zero-order valence-corrected chi connectivity index (χ0v) is 50.5. The van der Waals surface area contributed by atoms with Crippen molar-refractivity contribution in [3.8, 4) is 0 Å². The van der Waals surface area contributed by atoms with Crippen molar-refractivity contribution in [2.45, 2.75) is 130 Å². The van der Waals surface area contributed by atoms with E-state index in [1.54, 1.807) is 33.1 Å². The molecule has 0 aromatic heterocycles. The first-order valence-corrected chi connectivity index (χ1v) is 24.0. The normalized spacial score (nSPS) is 18.7. The zero-order valence-electron chi connectivity index (χ0n) is 46.3. The van der Waals surface area contributed by atoms with E-state index in [2.05, 4.69) is 28.6 Å². The van der Waals surface area contributed by atoms with Gasteiger partial charge in [-0.1, -0.05) is 6.58 Å². The van der Waals surface area contributed by atoms with Gasteiger partial charge in [-0.15, -0.1) is 5.10 Å². The van der Waals surface area contributed by atoms with E-state index in [9.17, 15) is 63.0 Å². The van der Waals surface area contributed by atoms with Crippen LogP contribution in [0.4, 0.5) is 0 Å². The van der Waals surface area contributed by atoms with Crippen LogP contribution in [0.3, 0.4) is 0 Å². The molecule has 0 bridgehead atoms. The number of aliphatic carboxylic acids is 2. The van der Waals surface area contributed by atoms with Gasteiger partial charge in [-0.3, -0.25) is 33.6 Å². The van der Waals surface area contributed by atoms with Crippen LogP contribution >= 0.6 is 0 Å². The van der Waals surface area contributed by atoms with Crippen LogP contribution < -0.4 is 75.3 Å². The Kier molecular flexibility index (Phi) is 48.4. The first kappa shape index (κ1) is 82.1. The molecule has 0 radical (unpaired) electrons. The van der Waals surface area contributed by atoms with E-state index in [0.717, 1.165) is 4.81 Å². The molecule has 438 valence electrons. The van der Waals surface area contributed by atoms with Crippen molar-refractivity contribution in [1.82, 2.24) is 24.6 Å². The molecule has 10 N–H and O–H groups in total. The number of carbonyl (C=O) groups is 11. The molecule has 1 unspecified atom stereocenters. The number of esters is 4. The molecule has 35 heteroatoms. The maximum absolute atomic E-state index is 12.1. The molecule has 0 saturated carbocycles. The molecule has 30 nitrogen and oxygen atoms in total. The summed E-state index contributed by atoms with van der Waals surface area (Å²) >= 11 is 0. The van der Waals surface area contributed by atoms with E-state index in [-0.39, 0.29) is 135 Å². The van der Waals surface area contributed by atoms with Gasteiger partial charge in [0.15, 0.2) is 0 Å². The molecule has 4 heterocycles. The number of nitrogens with two attached hydrogens (primary N) is 2. The van der Waals surface area contributed by atoms with Crippen molar-refractivity contribution < 1.29 is 166 Å². The van der Waals surface area contributed by atoms with Crippen LogP contribution in [0.15, 0.2) is 17.3 Å². The maximum atomic E-state index is 12.1. The van der Waals surface area contributed by atoms with Gasteiger partial charge in [0, 0.05) is 44.5 Å². The summed E-state index contributed by atoms with van der Waals surface area (Å²) in [5.74, 6) is -4.97. The van der Waals surface area contributed by atoms with Crippen LogP contribution in [0.2, 0.25) is 20.5 Å². The Balaban J connectivity index is -0.000000276. The van der Waals surface area contributed by atoms with Crippen LogP contribution in [0.1, 0.15) is 79.1 Å². The molecule has 0 aliphatic carbocycles. The van der Waals surface area contributed by atoms with Crippen molar-refractivity contribution in [3.63, 3.8) is 0 Å². The summed E-state index contributed by atoms with van der Waals surface area (Å²) in [5, 5.41) is 58.9. The number of carboxylic acid groups (broad SMARTS) is 2. The molecule has 0 aromatic rings. The first-order chi connectivity index (χ1) is 35.5. The third kappa shape index (κ3) is 32.3. The van der Waals surface area contributed by atoms with Crippen molar-refractivity contribution in [1.29, 1.82) is 0 Å². The summed E-state index contributed by atoms with van der Waals surface area (Å²) in [6.07, 6.45) is 2.14. The summed E-state index contributed by atoms with van der Waals surface area (Å²) in [7, 11) is 2.66. The average molecular weight is 1240 g/mol. The SMILES string of the molecule is C=C1C[C@H](C(=O)OCC)N(B(C)O)C1=O.C=N[NH2+]C.CCOC(=O)[C@@H]1CCC(=O)N1B(C)O.CCOC(=O)[C@H]1CC(CN(C)C)C(=O)N1B(C)O.CCOC(=O)[C@H]1CCC(=O)N1.N[C@H](CCC(=O)O)C(=O)O.O=CO[O-].[I-].[Na+]. The molecule has 4 aliphatic rings. The van der Waals surface area contributed by atoms with Gasteiger partial charge in [0.25, 0.3) is 6.47 Å². The quantitative estimate of drug-likeness (QED) is 0.00569. The Morgan fingerprint density at radius 1 is 0.821 bits per heavy atom. The standard InChI is InChI=1S/C11H21BN2O4.C9H14BNO4.C8H14BNO4.C7H11NO3.C5H9NO4.C2H6N2.CH2O3.HI.Na/c1-5-18-11(16)9-6-8(7-13(3)4)10(15)14(9)12(2)17;1-4-15-9(13)7-5-6(2)8(12)11(7)10(3)14;1-3-14-8(12)6-4-5-7(11)10(6)9(2)13;1-2-11-7(10)5-3-4-6(9)8-5;6-3(5(9)10)1-2-4(7)8;1-3-4-2;2-1-4-3;;/h8-9,17H,5-7H2,1-4H3;7,14H,2,4-5H2,1,3H3;6,13H,3-5H2,1-2H3;5H,2-4H2,1H3,(H,8,9);3H,1-2,6H2,(H,7,8)(H,9,10);4H,1H2,2H3;1,3H;1H;/q;;;;;;;;+1/p-1/t8?,9-;7-;6-;5-;3-;;;;/m11011..../s1. The van der Waals surface area contributed by atoms with Crippen LogP contribution in [-0.4, -0.2) is 223 Å². The minimum absolute atomic E-state index is 0. The molecule has 4 fully saturated rings. The zero-order chi connectivity index (χ0) is 59.4. The van der Waals surface area contributed by atoms with E-state index in [1.165, 1.54) is 30.1 Å². The molecule has 4 amide bonds. The number of carboxylic acids is 2. The number of rotatable bonds is 19. The van der Waals surface area contributed by atoms with E-state index < -0.39 is 81.2 Å². The largest absolute Gasteiger partial charge is 1.00 e. The molecule has 4 aliphatic heterocycles. The number of hydrogen-bond acceptors (Lipinski definition) is 23. The van der Waals surface area contributed by atoms with Crippen LogP contribution in [0, 0.1) is 5.92 Å². The van der Waals surface area contributed by atoms with Crippen LogP contribution in [-0.2, 0) is 76.6 Å². The number of ether oxygens (including phenoxy) is 4. The predicted molar refractivity (Wildman–Crippen MR) is 268 cm³/mol. The number of nitrogens with zero attached hydrogens (tertiary/aromatic N) is 5. The Bertz CT molecular complexity index is 1910. The van der Waals surface area contributed by atoms with Crippen LogP contribution in [0.25, 0.3) is 0 Å². The molecular weight excluding hydrogens is 1160 g/mol. The molecule has 78 heavy (non-hydrogen) atoms. The number of amides is 4. The van der Waals surface area contributed by atoms with Gasteiger partial charge in [0.2, 0.25) is 23.6 Å². The van der Waals surface area contributed by atoms with E-state index in [4.69, 9.17) is 44.9 Å². The van der Waals surface area contributed by atoms with Crippen LogP contribution in [0.5, 0.6) is 0 Å². The third-order valence-corrected chi connectivity index (χ3v) is 10.3. The first-order valence-electron chi connectivity index (χ1n) is 24.0. The molecule has 4 rings (SSSR count). The summed E-state index contributed by atoms with van der Waals surface area (Å²) < 4.78 is 19.3. The Morgan fingerprint density at radius 2 is 1.26 bits per heavy atom. The van der Waals surface area contributed by atoms with E-state index in [1.807, 2.05) is 26.0 Å². The monoisotopic (exact) mass is 1240 g/mol. The second-order valence-corrected chi connectivity index (χ2v) is 16.4. The summed E-state index contributed by atoms with van der Waals surface area (Å²) in [5.41, 5.74) is 6.97. The molecular formula is C43H77B3IN8NaO22. The van der Waals surface area contributed by atoms with E-state index in [0.29, 0.717) is 50.8 Å². The van der Waals surface area contributed by atoms with Crippen molar-refractivity contribution in [2.24, 2.45) is 16.8 Å². The van der Waals surface area contributed by atoms with Crippen molar-refractivity contribution >= 4 is 93.8 Å². The Morgan fingerprint density at radius 3 is 1.62 bits per heavy atom. The summed E-state index contributed by atoms with van der Waals surface area (Å²) in [6, 6.07) is -3.46. The number of nitrogens with one attached hydrogen (secondary N) is 1. The van der Waals surface area contributed by atoms with E-state index >= 15 is 0 Å². The maximum Gasteiger partial charge on any atom is 1.00 e. The van der Waals surface area contributed by atoms with Gasteiger partial charge in [-0.25, -0.2) is 24.6 Å². The topological polar surface area (TPSA) is 438 Å². The predicted octanol–water partition coefficient (Wildman–Crippen LogP) is -10.8. The average Bonchev–Trinajstić information content (AvgIpc) is 4.13. The molecule has 0 aromatic carbocycles. The van der Waals surface area contributed by atoms with Gasteiger partial charge in [0.05, 0.1) is 39.4 Å². The number of carbonyl (C=O) groups excluding carboxylic acids is 9. The van der Waals surface area contributed by atoms with Gasteiger partial charge >= 0.3 is 86.5 Å². The van der Waals surface area contributed by atoms with Gasteiger partial charge in [0.1, 0.15) is 30.2 Å². The summed E-state index contributed by atoms with van der Waals surface area (Å²) in [6.45, 7) is 19.5. The molecule has 4 saturated heterocycles. The Hall–Kier alpha value is -4.78. The van der Waals surface area contributed by atoms with Gasteiger partial charge in [-0.2, -0.15) is 0 Å². The fourth-order valence-corrected chi connectivity index (χ4v) is 7.02. The Labute approximate surface area is 494 Å². The summed E-state index contributed by atoms with van der Waals surface area (Å²) in [4.78, 5) is 128. The van der Waals surface area contributed by atoms with Gasteiger partial charge in [-0.05, 0) is 87.9 Å². The number of halogens is 1. The van der Waals surface area contributed by atoms with Gasteiger partial charge < -0.3 is 109 Å². The van der Waals surface area contributed by atoms with Crippen molar-refractivity contribution in [3.05, 3.63) is 12.2 Å². The minimum Gasteiger partial charge on any atom is -1.00 e. The second kappa shape index (κ2) is 46.0. The fraction of sp³-hybridized carbons (Fsp3) is 0.674. The number of hydrogen-bond donors (Lipinski definition) is 8.